The van der Waals surface area contributed by atoms with Crippen LogP contribution in [0.15, 0.2) is 0 Å². The van der Waals surface area contributed by atoms with Crippen molar-refractivity contribution in [2.45, 2.75) is 67.5 Å². The van der Waals surface area contributed by atoms with E-state index >= 15 is 0 Å². The summed E-state index contributed by atoms with van der Waals surface area (Å²) in [5.74, 6) is 0. The summed E-state index contributed by atoms with van der Waals surface area (Å²) in [5.41, 5.74) is 0. The predicted octanol–water partition coefficient (Wildman–Crippen LogP) is 6.92. The minimum atomic E-state index is 0.394. The summed E-state index contributed by atoms with van der Waals surface area (Å²) < 4.78 is 0. The van der Waals surface area contributed by atoms with Crippen molar-refractivity contribution in [1.82, 2.24) is 0 Å². The summed E-state index contributed by atoms with van der Waals surface area (Å²) in [6.45, 7) is 0. The lowest BCUT2D eigenvalue weighted by Crippen LogP contribution is -2.39. The minimum Gasteiger partial charge on any atom is -0.0878 e. The van der Waals surface area contributed by atoms with E-state index in [0.717, 1.165) is 0 Å². The molecule has 0 spiro atoms. The SMILES string of the molecule is Br[C@@H]1[C@H](Br)[C@H](Br)[C@H](Br)CCCCCC[C@H](Br)[C@@H]1Br. The summed E-state index contributed by atoms with van der Waals surface area (Å²) in [6.07, 6.45) is 7.80. The maximum atomic E-state index is 3.84. The van der Waals surface area contributed by atoms with E-state index in [-0.39, 0.29) is 0 Å². The number of halogens is 6. The molecule has 0 saturated heterocycles. The molecule has 1 rings (SSSR count). The molecular weight excluding hydrogens is 624 g/mol. The van der Waals surface area contributed by atoms with Crippen molar-refractivity contribution in [3.05, 3.63) is 0 Å². The molecule has 108 valence electrons. The largest absolute Gasteiger partial charge is 0.0878 e. The normalized spacial score (nSPS) is 45.0. The summed E-state index contributed by atoms with van der Waals surface area (Å²) in [7, 11) is 0. The first-order valence-corrected chi connectivity index (χ1v) is 11.8. The van der Waals surface area contributed by atoms with Gasteiger partial charge in [-0.15, -0.1) is 0 Å². The monoisotopic (exact) mass is 636 g/mol. The highest BCUT2D eigenvalue weighted by molar-refractivity contribution is 9.15. The van der Waals surface area contributed by atoms with Gasteiger partial charge in [0.1, 0.15) is 0 Å². The summed E-state index contributed by atoms with van der Waals surface area (Å²) in [4.78, 5) is 2.70. The average molecular weight is 642 g/mol. The van der Waals surface area contributed by atoms with Gasteiger partial charge in [-0.1, -0.05) is 121 Å². The molecule has 0 aromatic carbocycles. The van der Waals surface area contributed by atoms with Gasteiger partial charge >= 0.3 is 0 Å². The van der Waals surface area contributed by atoms with Crippen LogP contribution in [0.1, 0.15) is 38.5 Å². The lowest BCUT2D eigenvalue weighted by Gasteiger charge is -2.31. The fourth-order valence-electron chi connectivity index (χ4n) is 2.10. The van der Waals surface area contributed by atoms with Gasteiger partial charge in [0.05, 0.1) is 0 Å². The van der Waals surface area contributed by atoms with Crippen molar-refractivity contribution < 1.29 is 0 Å². The van der Waals surface area contributed by atoms with Crippen LogP contribution < -0.4 is 0 Å². The molecule has 1 aliphatic rings. The van der Waals surface area contributed by atoms with E-state index in [4.69, 9.17) is 0 Å². The third kappa shape index (κ3) is 5.94. The van der Waals surface area contributed by atoms with E-state index in [1.165, 1.54) is 38.5 Å². The molecule has 0 N–H and O–H groups in total. The van der Waals surface area contributed by atoms with Crippen LogP contribution in [0.2, 0.25) is 0 Å². The Morgan fingerprint density at radius 2 is 0.778 bits per heavy atom. The minimum absolute atomic E-state index is 0.394. The van der Waals surface area contributed by atoms with Crippen LogP contribution in [0.25, 0.3) is 0 Å². The first-order valence-electron chi connectivity index (χ1n) is 6.29. The van der Waals surface area contributed by atoms with Crippen LogP contribution in [0.4, 0.5) is 0 Å². The number of hydrogen-bond acceptors (Lipinski definition) is 0. The Kier molecular flexibility index (Phi) is 10.3. The molecular formula is C12H18Br6. The van der Waals surface area contributed by atoms with Gasteiger partial charge < -0.3 is 0 Å². The fourth-order valence-corrected chi connectivity index (χ4v) is 7.63. The van der Waals surface area contributed by atoms with Gasteiger partial charge in [0.15, 0.2) is 0 Å². The highest BCUT2D eigenvalue weighted by atomic mass is 79.9. The van der Waals surface area contributed by atoms with Crippen molar-refractivity contribution >= 4 is 95.6 Å². The Labute approximate surface area is 161 Å². The maximum absolute atomic E-state index is 3.84. The van der Waals surface area contributed by atoms with Crippen LogP contribution >= 0.6 is 95.6 Å². The molecule has 0 aromatic rings. The van der Waals surface area contributed by atoms with Crippen molar-refractivity contribution in [3.63, 3.8) is 0 Å². The number of rotatable bonds is 0. The topological polar surface area (TPSA) is 0 Å². The molecule has 1 fully saturated rings. The van der Waals surface area contributed by atoms with Gasteiger partial charge in [0.2, 0.25) is 0 Å². The van der Waals surface area contributed by atoms with Crippen LogP contribution in [0.3, 0.4) is 0 Å². The van der Waals surface area contributed by atoms with E-state index in [1.54, 1.807) is 0 Å². The van der Waals surface area contributed by atoms with Crippen molar-refractivity contribution in [1.29, 1.82) is 0 Å². The third-order valence-electron chi connectivity index (χ3n) is 3.31. The van der Waals surface area contributed by atoms with Crippen LogP contribution in [-0.2, 0) is 0 Å². The Balaban J connectivity index is 2.71. The zero-order chi connectivity index (χ0) is 13.7. The van der Waals surface area contributed by atoms with Gasteiger partial charge in [-0.05, 0) is 12.8 Å². The van der Waals surface area contributed by atoms with Gasteiger partial charge in [0.25, 0.3) is 0 Å². The van der Waals surface area contributed by atoms with Gasteiger partial charge in [-0.2, -0.15) is 0 Å². The fraction of sp³-hybridized carbons (Fsp3) is 1.00. The average Bonchev–Trinajstić information content (AvgIpc) is 2.37. The molecule has 0 heterocycles. The van der Waals surface area contributed by atoms with E-state index in [2.05, 4.69) is 95.6 Å². The molecule has 1 saturated carbocycles. The molecule has 1 aliphatic carbocycles. The predicted molar refractivity (Wildman–Crippen MR) is 104 cm³/mol. The molecule has 0 unspecified atom stereocenters. The summed E-state index contributed by atoms with van der Waals surface area (Å²) in [5, 5.41) is 0. The molecule has 0 nitrogen and oxygen atoms in total. The van der Waals surface area contributed by atoms with Crippen molar-refractivity contribution in [2.75, 3.05) is 0 Å². The lowest BCUT2D eigenvalue weighted by molar-refractivity contribution is 0.549. The molecule has 0 aliphatic heterocycles. The van der Waals surface area contributed by atoms with Crippen LogP contribution in [0, 0.1) is 0 Å². The molecule has 0 aromatic heterocycles. The highest BCUT2D eigenvalue weighted by Gasteiger charge is 2.35. The second-order valence-corrected chi connectivity index (χ2v) is 11.4. The van der Waals surface area contributed by atoms with Crippen molar-refractivity contribution in [2.24, 2.45) is 0 Å². The lowest BCUT2D eigenvalue weighted by atomic mass is 10.0. The molecule has 6 heteroatoms. The molecule has 18 heavy (non-hydrogen) atoms. The first kappa shape index (κ1) is 18.9. The van der Waals surface area contributed by atoms with Gasteiger partial charge in [-0.3, -0.25) is 0 Å². The van der Waals surface area contributed by atoms with Crippen LogP contribution in [-0.4, -0.2) is 29.0 Å². The Morgan fingerprint density at radius 3 is 1.11 bits per heavy atom. The zero-order valence-corrected chi connectivity index (χ0v) is 19.5. The van der Waals surface area contributed by atoms with Crippen molar-refractivity contribution in [3.8, 4) is 0 Å². The summed E-state index contributed by atoms with van der Waals surface area (Å²) in [6, 6.07) is 0. The molecule has 0 radical (unpaired) electrons. The first-order chi connectivity index (χ1) is 8.45. The molecule has 6 atom stereocenters. The molecule has 0 bridgehead atoms. The Bertz CT molecular complexity index is 213. The van der Waals surface area contributed by atoms with Gasteiger partial charge in [-0.25, -0.2) is 0 Å². The number of alkyl halides is 6. The third-order valence-corrected chi connectivity index (χ3v) is 13.6. The Morgan fingerprint density at radius 1 is 0.444 bits per heavy atom. The standard InChI is InChI=1S/C12H18Br6/c13-7-5-3-1-2-4-6-8(14)10(16)12(18)11(17)9(7)15/h7-12H,1-6H2/t7-,8+,9-,10+,11-,12+. The van der Waals surface area contributed by atoms with Gasteiger partial charge in [0, 0.05) is 29.0 Å². The Hall–Kier alpha value is 2.88. The van der Waals surface area contributed by atoms with E-state index in [9.17, 15) is 0 Å². The van der Waals surface area contributed by atoms with E-state index in [0.29, 0.717) is 29.0 Å². The summed E-state index contributed by atoms with van der Waals surface area (Å²) >= 11 is 23.0. The maximum Gasteiger partial charge on any atom is 0.0418 e. The van der Waals surface area contributed by atoms with Crippen LogP contribution in [0.5, 0.6) is 0 Å². The van der Waals surface area contributed by atoms with E-state index in [1.807, 2.05) is 0 Å². The number of hydrogen-bond donors (Lipinski definition) is 0. The second-order valence-electron chi connectivity index (χ2n) is 4.80. The smallest absolute Gasteiger partial charge is 0.0418 e. The molecule has 0 amide bonds. The highest BCUT2D eigenvalue weighted by Crippen LogP contribution is 2.37. The second kappa shape index (κ2) is 9.81. The zero-order valence-electron chi connectivity index (χ0n) is 9.97. The van der Waals surface area contributed by atoms with E-state index < -0.39 is 0 Å². The quantitative estimate of drug-likeness (QED) is 0.252.